The van der Waals surface area contributed by atoms with Crippen LogP contribution in [0.2, 0.25) is 0 Å². The molecule has 0 amide bonds. The molecule has 2 heteroatoms. The summed E-state index contributed by atoms with van der Waals surface area (Å²) in [5.41, 5.74) is 2.90. The minimum absolute atomic E-state index is 0.558. The van der Waals surface area contributed by atoms with Crippen molar-refractivity contribution in [3.8, 4) is 0 Å². The standard InChI is InChI=1S/C10H10Br2/c11-9-5-6-10(12)8-4-2-1-3-7(8)9/h1-4,9-10H,5-6H2/t9-,10-/m0/s1. The fourth-order valence-corrected chi connectivity index (χ4v) is 3.05. The molecule has 0 aliphatic heterocycles. The highest BCUT2D eigenvalue weighted by molar-refractivity contribution is 9.09. The summed E-state index contributed by atoms with van der Waals surface area (Å²) in [5.74, 6) is 0. The fourth-order valence-electron chi connectivity index (χ4n) is 1.69. The number of rotatable bonds is 0. The van der Waals surface area contributed by atoms with Crippen molar-refractivity contribution in [2.75, 3.05) is 0 Å². The molecule has 2 rings (SSSR count). The molecular formula is C10H10Br2. The molecule has 0 N–H and O–H groups in total. The van der Waals surface area contributed by atoms with Crippen LogP contribution >= 0.6 is 31.9 Å². The van der Waals surface area contributed by atoms with E-state index in [0.29, 0.717) is 9.65 Å². The number of halogens is 2. The van der Waals surface area contributed by atoms with E-state index in [1.807, 2.05) is 0 Å². The Bertz CT molecular complexity index is 254. The molecule has 2 atom stereocenters. The topological polar surface area (TPSA) is 0 Å². The van der Waals surface area contributed by atoms with Crippen LogP contribution in [-0.2, 0) is 0 Å². The third-order valence-corrected chi connectivity index (χ3v) is 4.25. The number of fused-ring (bicyclic) bond motifs is 1. The van der Waals surface area contributed by atoms with Crippen molar-refractivity contribution >= 4 is 31.9 Å². The number of benzene rings is 1. The lowest BCUT2D eigenvalue weighted by Gasteiger charge is -2.24. The Labute approximate surface area is 89.6 Å². The lowest BCUT2D eigenvalue weighted by Crippen LogP contribution is -2.06. The van der Waals surface area contributed by atoms with Gasteiger partial charge in [-0.05, 0) is 24.0 Å². The molecule has 0 nitrogen and oxygen atoms in total. The summed E-state index contributed by atoms with van der Waals surface area (Å²) in [5, 5.41) is 0. The van der Waals surface area contributed by atoms with E-state index in [4.69, 9.17) is 0 Å². The van der Waals surface area contributed by atoms with Gasteiger partial charge >= 0.3 is 0 Å². The van der Waals surface area contributed by atoms with Crippen LogP contribution in [0.3, 0.4) is 0 Å². The summed E-state index contributed by atoms with van der Waals surface area (Å²) in [6.07, 6.45) is 2.46. The van der Waals surface area contributed by atoms with E-state index in [1.54, 1.807) is 0 Å². The summed E-state index contributed by atoms with van der Waals surface area (Å²) >= 11 is 7.39. The Balaban J connectivity index is 2.47. The predicted octanol–water partition coefficient (Wildman–Crippen LogP) is 4.35. The van der Waals surface area contributed by atoms with Gasteiger partial charge in [-0.3, -0.25) is 0 Å². The van der Waals surface area contributed by atoms with Crippen molar-refractivity contribution in [3.63, 3.8) is 0 Å². The Morgan fingerprint density at radius 3 is 1.75 bits per heavy atom. The molecule has 0 spiro atoms. The van der Waals surface area contributed by atoms with Crippen molar-refractivity contribution < 1.29 is 0 Å². The average molecular weight is 290 g/mol. The monoisotopic (exact) mass is 288 g/mol. The first-order valence-electron chi connectivity index (χ1n) is 4.16. The number of hydrogen-bond donors (Lipinski definition) is 0. The molecule has 1 aromatic carbocycles. The van der Waals surface area contributed by atoms with E-state index < -0.39 is 0 Å². The van der Waals surface area contributed by atoms with Gasteiger partial charge in [-0.15, -0.1) is 0 Å². The Hall–Kier alpha value is 0.180. The minimum Gasteiger partial charge on any atom is -0.0839 e. The maximum Gasteiger partial charge on any atom is 0.0399 e. The maximum absolute atomic E-state index is 3.69. The van der Waals surface area contributed by atoms with E-state index >= 15 is 0 Å². The van der Waals surface area contributed by atoms with E-state index in [9.17, 15) is 0 Å². The smallest absolute Gasteiger partial charge is 0.0399 e. The van der Waals surface area contributed by atoms with Gasteiger partial charge in [0.25, 0.3) is 0 Å². The molecule has 1 aromatic rings. The first-order chi connectivity index (χ1) is 5.79. The van der Waals surface area contributed by atoms with E-state index in [0.717, 1.165) is 0 Å². The molecule has 0 bridgehead atoms. The molecule has 0 saturated heterocycles. The highest BCUT2D eigenvalue weighted by atomic mass is 79.9. The Morgan fingerprint density at radius 1 is 0.917 bits per heavy atom. The van der Waals surface area contributed by atoms with Crippen molar-refractivity contribution in [1.82, 2.24) is 0 Å². The Kier molecular flexibility index (Phi) is 2.56. The van der Waals surface area contributed by atoms with Gasteiger partial charge in [-0.1, -0.05) is 56.1 Å². The Morgan fingerprint density at radius 2 is 1.33 bits per heavy atom. The van der Waals surface area contributed by atoms with E-state index in [-0.39, 0.29) is 0 Å². The molecule has 0 saturated carbocycles. The van der Waals surface area contributed by atoms with Crippen LogP contribution in [0, 0.1) is 0 Å². The molecular weight excluding hydrogens is 280 g/mol. The first kappa shape index (κ1) is 8.76. The molecule has 1 aliphatic rings. The normalized spacial score (nSPS) is 28.2. The lowest BCUT2D eigenvalue weighted by molar-refractivity contribution is 0.676. The zero-order valence-corrected chi connectivity index (χ0v) is 9.81. The second-order valence-electron chi connectivity index (χ2n) is 3.14. The molecule has 1 aliphatic carbocycles. The number of hydrogen-bond acceptors (Lipinski definition) is 0. The maximum atomic E-state index is 3.69. The second-order valence-corrected chi connectivity index (χ2v) is 5.35. The fraction of sp³-hybridized carbons (Fsp3) is 0.400. The quantitative estimate of drug-likeness (QED) is 0.623. The highest BCUT2D eigenvalue weighted by Crippen LogP contribution is 2.44. The van der Waals surface area contributed by atoms with Gasteiger partial charge in [0.15, 0.2) is 0 Å². The van der Waals surface area contributed by atoms with Crippen LogP contribution in [-0.4, -0.2) is 0 Å². The molecule has 0 unspecified atom stereocenters. The first-order valence-corrected chi connectivity index (χ1v) is 5.99. The zero-order chi connectivity index (χ0) is 8.55. The summed E-state index contributed by atoms with van der Waals surface area (Å²) in [7, 11) is 0. The van der Waals surface area contributed by atoms with Crippen LogP contribution in [0.15, 0.2) is 24.3 Å². The van der Waals surface area contributed by atoms with Gasteiger partial charge in [0.2, 0.25) is 0 Å². The lowest BCUT2D eigenvalue weighted by atomic mass is 9.92. The zero-order valence-electron chi connectivity index (χ0n) is 6.63. The SMILES string of the molecule is Br[C@H]1CC[C@H](Br)c2ccccc21. The van der Waals surface area contributed by atoms with E-state index in [2.05, 4.69) is 56.1 Å². The van der Waals surface area contributed by atoms with Crippen molar-refractivity contribution in [2.45, 2.75) is 22.5 Å². The molecule has 12 heavy (non-hydrogen) atoms. The van der Waals surface area contributed by atoms with Gasteiger partial charge in [0.1, 0.15) is 0 Å². The van der Waals surface area contributed by atoms with Crippen LogP contribution in [0.1, 0.15) is 33.6 Å². The summed E-state index contributed by atoms with van der Waals surface area (Å²) in [6, 6.07) is 8.64. The largest absolute Gasteiger partial charge is 0.0839 e. The highest BCUT2D eigenvalue weighted by Gasteiger charge is 2.22. The van der Waals surface area contributed by atoms with Gasteiger partial charge < -0.3 is 0 Å². The number of alkyl halides is 2. The minimum atomic E-state index is 0.558. The van der Waals surface area contributed by atoms with Gasteiger partial charge in [0.05, 0.1) is 0 Å². The van der Waals surface area contributed by atoms with Crippen LogP contribution in [0.4, 0.5) is 0 Å². The van der Waals surface area contributed by atoms with E-state index in [1.165, 1.54) is 24.0 Å². The molecule has 64 valence electrons. The van der Waals surface area contributed by atoms with Crippen LogP contribution in [0.5, 0.6) is 0 Å². The molecule has 0 radical (unpaired) electrons. The third-order valence-electron chi connectivity index (χ3n) is 2.34. The molecule has 0 heterocycles. The second kappa shape index (κ2) is 3.51. The summed E-state index contributed by atoms with van der Waals surface area (Å²) in [6.45, 7) is 0. The molecule has 0 fully saturated rings. The summed E-state index contributed by atoms with van der Waals surface area (Å²) in [4.78, 5) is 1.12. The predicted molar refractivity (Wildman–Crippen MR) is 59.0 cm³/mol. The van der Waals surface area contributed by atoms with Gasteiger partial charge in [-0.25, -0.2) is 0 Å². The van der Waals surface area contributed by atoms with Crippen LogP contribution in [0.25, 0.3) is 0 Å². The van der Waals surface area contributed by atoms with Crippen LogP contribution < -0.4 is 0 Å². The average Bonchev–Trinajstić information content (AvgIpc) is 2.12. The third kappa shape index (κ3) is 1.47. The van der Waals surface area contributed by atoms with Gasteiger partial charge in [0, 0.05) is 9.65 Å². The summed E-state index contributed by atoms with van der Waals surface area (Å²) < 4.78 is 0. The molecule has 0 aromatic heterocycles. The van der Waals surface area contributed by atoms with Crippen molar-refractivity contribution in [2.24, 2.45) is 0 Å². The van der Waals surface area contributed by atoms with Gasteiger partial charge in [-0.2, -0.15) is 0 Å². The van der Waals surface area contributed by atoms with Crippen molar-refractivity contribution in [1.29, 1.82) is 0 Å². The van der Waals surface area contributed by atoms with Crippen molar-refractivity contribution in [3.05, 3.63) is 35.4 Å².